The molecular formula is C17H22FN9O4S. The molecule has 2 aromatic carbocycles. The first kappa shape index (κ1) is 23.1. The van der Waals surface area contributed by atoms with Gasteiger partial charge in [0.1, 0.15) is 23.2 Å². The topological polar surface area (TPSA) is 196 Å². The maximum atomic E-state index is 12.9. The second-order valence-corrected chi connectivity index (χ2v) is 7.69. The fourth-order valence-corrected chi connectivity index (χ4v) is 3.10. The lowest BCUT2D eigenvalue weighted by atomic mass is 10.1. The van der Waals surface area contributed by atoms with Crippen LogP contribution in [0.4, 0.5) is 22.0 Å². The number of halogens is 1. The van der Waals surface area contributed by atoms with Gasteiger partial charge in [0.2, 0.25) is 13.3 Å². The minimum Gasteiger partial charge on any atom is -0.505 e. The van der Waals surface area contributed by atoms with Crippen LogP contribution in [0.1, 0.15) is 0 Å². The molecule has 3 rings (SSSR count). The van der Waals surface area contributed by atoms with Crippen molar-refractivity contribution in [1.82, 2.24) is 15.0 Å². The summed E-state index contributed by atoms with van der Waals surface area (Å²) in [6.07, 6.45) is -0.876. The molecule has 3 aromatic rings. The van der Waals surface area contributed by atoms with Gasteiger partial charge in [0.15, 0.2) is 5.75 Å². The van der Waals surface area contributed by atoms with Gasteiger partial charge in [-0.2, -0.15) is 34.7 Å². The maximum Gasteiger partial charge on any atom is 0.315 e. The van der Waals surface area contributed by atoms with Gasteiger partial charge >= 0.3 is 6.08 Å². The molecule has 0 aliphatic heterocycles. The number of hydrogen-bond donors (Lipinski definition) is 6. The number of hydrogen-bond acceptors (Lipinski definition) is 13. The van der Waals surface area contributed by atoms with E-state index >= 15 is 0 Å². The molecule has 0 bridgehead atoms. The monoisotopic (exact) mass is 468 g/mol. The first-order chi connectivity index (χ1) is 15.6. The summed E-state index contributed by atoms with van der Waals surface area (Å²) in [6.45, 7) is 0.0137. The first-order valence-corrected chi connectivity index (χ1v) is 10.3. The number of benzene rings is 2. The molecule has 0 atom stereocenters. The predicted octanol–water partition coefficient (Wildman–Crippen LogP) is 4.32. The Morgan fingerprint density at radius 3 is 2.56 bits per heavy atom. The minimum atomic E-state index is -3.98. The van der Waals surface area contributed by atoms with Crippen molar-refractivity contribution in [2.45, 2.75) is 4.90 Å². The zero-order valence-corrected chi connectivity index (χ0v) is 18.1. The van der Waals surface area contributed by atoms with Crippen LogP contribution < -0.4 is 10.2 Å². The third-order valence-corrected chi connectivity index (χ3v) is 4.66. The van der Waals surface area contributed by atoms with Crippen molar-refractivity contribution < 1.29 is 24.6 Å². The van der Waals surface area contributed by atoms with Crippen LogP contribution in [0.5, 0.6) is 5.75 Å². The van der Waals surface area contributed by atoms with Crippen molar-refractivity contribution in [3.05, 3.63) is 36.4 Å². The van der Waals surface area contributed by atoms with Crippen LogP contribution in [0.3, 0.4) is 0 Å². The summed E-state index contributed by atoms with van der Waals surface area (Å²) < 4.78 is 47.4. The third-order valence-electron chi connectivity index (χ3n) is 3.76. The molecule has 1 heterocycles. The number of nitrogens with one attached hydrogen (secondary N) is 2. The summed E-state index contributed by atoms with van der Waals surface area (Å²) >= 11 is 0. The number of fused-ring (bicyclic) bond motifs is 1. The number of anilines is 2. The van der Waals surface area contributed by atoms with Crippen LogP contribution in [0.15, 0.2) is 50.6 Å². The average molecular weight is 468 g/mol. The molecule has 6 N–H and O–H groups in total. The summed E-state index contributed by atoms with van der Waals surface area (Å²) in [5.41, 5.74) is 2.63. The number of rotatable bonds is 6. The molecule has 172 valence electrons. The smallest absolute Gasteiger partial charge is 0.315 e. The molecule has 13 nitrogen and oxygen atoms in total. The number of aromatic nitrogens is 3. The van der Waals surface area contributed by atoms with E-state index in [1.807, 2.05) is 0 Å². The minimum absolute atomic E-state index is 0.0137. The van der Waals surface area contributed by atoms with Crippen LogP contribution in [-0.4, -0.2) is 61.5 Å². The zero-order valence-electron chi connectivity index (χ0n) is 18.2. The van der Waals surface area contributed by atoms with Crippen molar-refractivity contribution in [3.8, 4) is 5.75 Å². The molecule has 0 fully saturated rings. The highest BCUT2D eigenvalue weighted by Crippen LogP contribution is 2.53. The van der Waals surface area contributed by atoms with Crippen molar-refractivity contribution in [2.24, 2.45) is 15.3 Å². The molecule has 32 heavy (non-hydrogen) atoms. The molecule has 1 aromatic heterocycles. The second kappa shape index (κ2) is 10.7. The Kier molecular flexibility index (Phi) is 7.72. The van der Waals surface area contributed by atoms with Gasteiger partial charge in [0.25, 0.3) is 0 Å². The van der Waals surface area contributed by atoms with Crippen LogP contribution in [0.2, 0.25) is 1.41 Å². The van der Waals surface area contributed by atoms with Gasteiger partial charge in [-0.05, 0) is 11.5 Å². The van der Waals surface area contributed by atoms with E-state index in [0.29, 0.717) is 10.8 Å². The maximum absolute atomic E-state index is 12.9. The Balaban J connectivity index is 0.000000238. The van der Waals surface area contributed by atoms with E-state index in [1.165, 1.54) is 13.1 Å². The van der Waals surface area contributed by atoms with E-state index in [-0.39, 0.29) is 34.9 Å². The molecular weight excluding hydrogens is 445 g/mol. The molecule has 0 saturated heterocycles. The Bertz CT molecular complexity index is 1160. The average Bonchev–Trinajstić information content (AvgIpc) is 2.75. The molecule has 0 saturated carbocycles. The summed E-state index contributed by atoms with van der Waals surface area (Å²) in [5.74, 6) is 0.00846. The quantitative estimate of drug-likeness (QED) is 0.285. The van der Waals surface area contributed by atoms with E-state index in [4.69, 9.17) is 1.41 Å². The van der Waals surface area contributed by atoms with Gasteiger partial charge in [-0.1, -0.05) is 24.3 Å². The van der Waals surface area contributed by atoms with E-state index < -0.39 is 16.9 Å². The number of phenols is 1. The van der Waals surface area contributed by atoms with Crippen LogP contribution in [0, 0.1) is 11.6 Å². The van der Waals surface area contributed by atoms with E-state index in [2.05, 4.69) is 41.1 Å². The standard InChI is InChI=1S/C11H12N2O4S.C6H10FN7/c1-12-13-10-9(18(15,16)17)6-7-4-2-3-5-8(7)11(10)14;1-14(2)6-12-4(7)11-5(13-6)9-3-10-8/h2-6,14-17H,1H3;8H,3H2,1-2H3,(H,9,11,12,13)/i/hD. The van der Waals surface area contributed by atoms with E-state index in [9.17, 15) is 23.2 Å². The molecule has 0 spiro atoms. The summed E-state index contributed by atoms with van der Waals surface area (Å²) in [7, 11) is 0.758. The predicted molar refractivity (Wildman–Crippen MR) is 118 cm³/mol. The van der Waals surface area contributed by atoms with Gasteiger partial charge in [-0.15, -0.1) is 0 Å². The normalized spacial score (nSPS) is 12.5. The summed E-state index contributed by atoms with van der Waals surface area (Å²) in [6, 6.07) is 8.17. The number of aromatic hydroxyl groups is 1. The highest BCUT2D eigenvalue weighted by atomic mass is 32.3. The second-order valence-electron chi connectivity index (χ2n) is 6.21. The van der Waals surface area contributed by atoms with Crippen LogP contribution in [-0.2, 0) is 0 Å². The van der Waals surface area contributed by atoms with Crippen LogP contribution in [0.25, 0.3) is 10.8 Å². The first-order valence-electron chi connectivity index (χ1n) is 9.22. The van der Waals surface area contributed by atoms with Gasteiger partial charge in [-0.25, -0.2) is 5.52 Å². The molecule has 15 heteroatoms. The molecule has 0 aliphatic carbocycles. The Morgan fingerprint density at radius 1 is 1.22 bits per heavy atom. The van der Waals surface area contributed by atoms with Crippen molar-refractivity contribution in [1.29, 1.82) is 5.52 Å². The molecule has 0 amide bonds. The summed E-state index contributed by atoms with van der Waals surface area (Å²) in [5, 5.41) is 24.1. The molecule has 0 unspecified atom stereocenters. The van der Waals surface area contributed by atoms with E-state index in [1.54, 1.807) is 43.3 Å². The largest absolute Gasteiger partial charge is 0.505 e. The van der Waals surface area contributed by atoms with Gasteiger partial charge in [0.05, 0.1) is 4.90 Å². The number of phenolic OH excluding ortho intramolecular Hbond substituents is 1. The Labute approximate surface area is 185 Å². The lowest BCUT2D eigenvalue weighted by Crippen LogP contribution is -2.16. The van der Waals surface area contributed by atoms with Crippen molar-refractivity contribution >= 4 is 39.2 Å². The van der Waals surface area contributed by atoms with Gasteiger partial charge < -0.3 is 29.0 Å². The number of azo groups is 1. The third kappa shape index (κ3) is 6.24. The van der Waals surface area contributed by atoms with Gasteiger partial charge in [0, 0.05) is 26.5 Å². The van der Waals surface area contributed by atoms with Crippen LogP contribution >= 0.6 is 10.9 Å². The lowest BCUT2D eigenvalue weighted by molar-refractivity contribution is 0.375. The molecule has 0 radical (unpaired) electrons. The highest BCUT2D eigenvalue weighted by Gasteiger charge is 2.24. The Hall–Kier alpha value is -3.53. The zero-order chi connectivity index (χ0) is 24.6. The number of nitrogens with zero attached hydrogens (tertiary/aromatic N) is 7. The van der Waals surface area contributed by atoms with E-state index in [0.717, 1.165) is 0 Å². The SMILES string of the molecule is CN=Nc1c(S(O)(O)O)cc2ccccc2c1O.[2H]N=NCNc1nc(F)nc(N(C)C)n1. The van der Waals surface area contributed by atoms with Gasteiger partial charge in [-0.3, -0.25) is 0 Å². The van der Waals surface area contributed by atoms with Crippen molar-refractivity contribution in [2.75, 3.05) is 38.0 Å². The molecule has 0 aliphatic rings. The Morgan fingerprint density at radius 2 is 1.94 bits per heavy atom. The fourth-order valence-electron chi connectivity index (χ4n) is 2.42. The summed E-state index contributed by atoms with van der Waals surface area (Å²) in [4.78, 5) is 12.1. The van der Waals surface area contributed by atoms with Crippen molar-refractivity contribution in [3.63, 3.8) is 0 Å². The highest BCUT2D eigenvalue weighted by molar-refractivity contribution is 8.19. The fraction of sp³-hybridized carbons (Fsp3) is 0.235. The lowest BCUT2D eigenvalue weighted by Gasteiger charge is -2.21.